The maximum atomic E-state index is 12.4. The third-order valence-electron chi connectivity index (χ3n) is 6.71. The van der Waals surface area contributed by atoms with Crippen LogP contribution in [0.3, 0.4) is 0 Å². The van der Waals surface area contributed by atoms with Crippen LogP contribution < -0.4 is 0 Å². The first-order valence-electron chi connectivity index (χ1n) is 8.53. The Balaban J connectivity index is 2.04. The van der Waals surface area contributed by atoms with Crippen LogP contribution in [-0.2, 0) is 4.79 Å². The van der Waals surface area contributed by atoms with Gasteiger partial charge in [-0.1, -0.05) is 34.6 Å². The largest absolute Gasteiger partial charge is 0.348 e. The molecule has 2 aliphatic rings. The predicted octanol–water partition coefficient (Wildman–Crippen LogP) is 3.25. The van der Waals surface area contributed by atoms with Crippen LogP contribution in [0.5, 0.6) is 0 Å². The van der Waals surface area contributed by atoms with Crippen molar-refractivity contribution in [3.8, 4) is 0 Å². The van der Waals surface area contributed by atoms with Crippen LogP contribution in [0.4, 0.5) is 0 Å². The molecule has 1 saturated heterocycles. The Hall–Kier alpha value is -0.570. The van der Waals surface area contributed by atoms with Crippen LogP contribution in [0.1, 0.15) is 53.9 Å². The minimum Gasteiger partial charge on any atom is -0.348 e. The highest BCUT2D eigenvalue weighted by Crippen LogP contribution is 2.45. The number of carbonyl (C=O) groups is 1. The van der Waals surface area contributed by atoms with Gasteiger partial charge >= 0.3 is 0 Å². The summed E-state index contributed by atoms with van der Waals surface area (Å²) in [5.41, 5.74) is 0.283. The monoisotopic (exact) mass is 294 g/mol. The van der Waals surface area contributed by atoms with Crippen molar-refractivity contribution < 1.29 is 4.79 Å². The Kier molecular flexibility index (Phi) is 4.45. The molecule has 0 aromatic carbocycles. The molecule has 0 N–H and O–H groups in total. The fraction of sp³-hybridized carbons (Fsp3) is 0.944. The van der Waals surface area contributed by atoms with Crippen molar-refractivity contribution in [1.82, 2.24) is 9.80 Å². The molecule has 3 nitrogen and oxygen atoms in total. The highest BCUT2D eigenvalue weighted by Gasteiger charge is 2.47. The first-order chi connectivity index (χ1) is 9.58. The number of nitrogens with zero attached hydrogens (tertiary/aromatic N) is 2. The number of rotatable bonds is 2. The molecule has 1 saturated carbocycles. The van der Waals surface area contributed by atoms with Crippen molar-refractivity contribution in [2.45, 2.75) is 59.9 Å². The van der Waals surface area contributed by atoms with Crippen molar-refractivity contribution in [2.75, 3.05) is 27.2 Å². The van der Waals surface area contributed by atoms with Gasteiger partial charge in [0.15, 0.2) is 0 Å². The Morgan fingerprint density at radius 1 is 1.10 bits per heavy atom. The van der Waals surface area contributed by atoms with Crippen molar-refractivity contribution in [2.24, 2.45) is 22.7 Å². The zero-order valence-corrected chi connectivity index (χ0v) is 15.1. The molecule has 1 amide bonds. The first kappa shape index (κ1) is 16.8. The summed E-state index contributed by atoms with van der Waals surface area (Å²) >= 11 is 0. The summed E-state index contributed by atoms with van der Waals surface area (Å²) < 4.78 is 0. The van der Waals surface area contributed by atoms with Gasteiger partial charge in [-0.25, -0.2) is 0 Å². The lowest BCUT2D eigenvalue weighted by atomic mass is 9.67. The number of piperidine rings is 1. The molecule has 0 aromatic heterocycles. The minimum absolute atomic E-state index is 0.145. The number of amides is 1. The van der Waals surface area contributed by atoms with Crippen molar-refractivity contribution in [3.05, 3.63) is 0 Å². The van der Waals surface area contributed by atoms with E-state index in [1.165, 1.54) is 19.5 Å². The van der Waals surface area contributed by atoms with Gasteiger partial charge in [-0.2, -0.15) is 0 Å². The summed E-state index contributed by atoms with van der Waals surface area (Å²) in [5.74, 6) is 1.75. The molecule has 4 atom stereocenters. The summed E-state index contributed by atoms with van der Waals surface area (Å²) in [4.78, 5) is 16.9. The van der Waals surface area contributed by atoms with E-state index >= 15 is 0 Å². The van der Waals surface area contributed by atoms with Gasteiger partial charge in [0.25, 0.3) is 0 Å². The highest BCUT2D eigenvalue weighted by atomic mass is 16.2. The zero-order chi connectivity index (χ0) is 16.0. The second-order valence-electron chi connectivity index (χ2n) is 8.73. The average Bonchev–Trinajstić information content (AvgIpc) is 2.79. The van der Waals surface area contributed by atoms with Gasteiger partial charge in [-0.3, -0.25) is 9.69 Å². The Morgan fingerprint density at radius 3 is 2.10 bits per heavy atom. The Bertz CT molecular complexity index is 390. The van der Waals surface area contributed by atoms with Gasteiger partial charge in [0, 0.05) is 38.6 Å². The highest BCUT2D eigenvalue weighted by molar-refractivity contribution is 5.82. The quantitative estimate of drug-likeness (QED) is 0.780. The van der Waals surface area contributed by atoms with Gasteiger partial charge in [0.1, 0.15) is 0 Å². The molecule has 1 aliphatic carbocycles. The Morgan fingerprint density at radius 2 is 1.62 bits per heavy atom. The third kappa shape index (κ3) is 2.99. The van der Waals surface area contributed by atoms with Gasteiger partial charge in [0.2, 0.25) is 5.91 Å². The van der Waals surface area contributed by atoms with Crippen LogP contribution >= 0.6 is 0 Å². The molecule has 2 fully saturated rings. The molecular formula is C18H34N2O. The Labute approximate surface area is 131 Å². The first-order valence-corrected chi connectivity index (χ1v) is 8.53. The maximum absolute atomic E-state index is 12.4. The van der Waals surface area contributed by atoms with E-state index in [4.69, 9.17) is 0 Å². The van der Waals surface area contributed by atoms with Crippen molar-refractivity contribution in [3.63, 3.8) is 0 Å². The number of carbonyl (C=O) groups excluding carboxylic acids is 1. The molecule has 1 heterocycles. The molecule has 122 valence electrons. The SMILES string of the molecule is CC1CN([C@@H]2CC[C@](C)(C(=O)N(C)C)C2)CC(C)C1(C)C. The second kappa shape index (κ2) is 5.57. The van der Waals surface area contributed by atoms with E-state index in [-0.39, 0.29) is 5.41 Å². The average molecular weight is 294 g/mol. The van der Waals surface area contributed by atoms with Crippen molar-refractivity contribution >= 4 is 5.91 Å². The lowest BCUT2D eigenvalue weighted by Gasteiger charge is -2.49. The topological polar surface area (TPSA) is 23.6 Å². The summed E-state index contributed by atoms with van der Waals surface area (Å²) in [6.07, 6.45) is 3.25. The molecule has 2 rings (SSSR count). The van der Waals surface area contributed by atoms with E-state index in [1.54, 1.807) is 4.90 Å². The summed E-state index contributed by atoms with van der Waals surface area (Å²) in [5, 5.41) is 0. The fourth-order valence-corrected chi connectivity index (χ4v) is 4.29. The van der Waals surface area contributed by atoms with Crippen LogP contribution in [0.2, 0.25) is 0 Å². The van der Waals surface area contributed by atoms with Crippen LogP contribution in [0.15, 0.2) is 0 Å². The second-order valence-corrected chi connectivity index (χ2v) is 8.73. The third-order valence-corrected chi connectivity index (χ3v) is 6.71. The van der Waals surface area contributed by atoms with E-state index in [1.807, 2.05) is 14.1 Å². The van der Waals surface area contributed by atoms with Gasteiger partial charge in [-0.15, -0.1) is 0 Å². The molecule has 0 spiro atoms. The molecular weight excluding hydrogens is 260 g/mol. The van der Waals surface area contributed by atoms with E-state index in [0.29, 0.717) is 17.4 Å². The molecule has 3 heteroatoms. The number of likely N-dealkylation sites (tertiary alicyclic amines) is 1. The van der Waals surface area contributed by atoms with Gasteiger partial charge < -0.3 is 4.90 Å². The molecule has 0 bridgehead atoms. The molecule has 0 aromatic rings. The van der Waals surface area contributed by atoms with E-state index in [9.17, 15) is 4.79 Å². The number of hydrogen-bond acceptors (Lipinski definition) is 2. The molecule has 21 heavy (non-hydrogen) atoms. The van der Waals surface area contributed by atoms with E-state index in [2.05, 4.69) is 39.5 Å². The molecule has 2 unspecified atom stereocenters. The van der Waals surface area contributed by atoms with Gasteiger partial charge in [-0.05, 0) is 36.5 Å². The van der Waals surface area contributed by atoms with Crippen LogP contribution in [0, 0.1) is 22.7 Å². The zero-order valence-electron chi connectivity index (χ0n) is 15.1. The van der Waals surface area contributed by atoms with Crippen LogP contribution in [0.25, 0.3) is 0 Å². The normalized spacial score (nSPS) is 40.2. The summed E-state index contributed by atoms with van der Waals surface area (Å²) in [6, 6.07) is 0.597. The standard InChI is InChI=1S/C18H34N2O/c1-13-11-20(12-14(2)17(13,3)4)15-8-9-18(5,10-15)16(21)19(6)7/h13-15H,8-12H2,1-7H3/t13?,14?,15-,18+/m1/s1. The smallest absolute Gasteiger partial charge is 0.228 e. The summed E-state index contributed by atoms with van der Waals surface area (Å²) in [7, 11) is 3.77. The lowest BCUT2D eigenvalue weighted by molar-refractivity contribution is -0.138. The minimum atomic E-state index is -0.145. The van der Waals surface area contributed by atoms with Crippen LogP contribution in [-0.4, -0.2) is 48.9 Å². The molecule has 1 aliphatic heterocycles. The molecule has 0 radical (unpaired) electrons. The predicted molar refractivity (Wildman–Crippen MR) is 88.1 cm³/mol. The maximum Gasteiger partial charge on any atom is 0.228 e. The van der Waals surface area contributed by atoms with Crippen molar-refractivity contribution in [1.29, 1.82) is 0 Å². The number of hydrogen-bond donors (Lipinski definition) is 0. The lowest BCUT2D eigenvalue weighted by Crippen LogP contribution is -2.52. The fourth-order valence-electron chi connectivity index (χ4n) is 4.29. The van der Waals surface area contributed by atoms with Gasteiger partial charge in [0.05, 0.1) is 0 Å². The van der Waals surface area contributed by atoms with E-state index < -0.39 is 0 Å². The summed E-state index contributed by atoms with van der Waals surface area (Å²) in [6.45, 7) is 14.1. The van der Waals surface area contributed by atoms with E-state index in [0.717, 1.165) is 24.7 Å².